The van der Waals surface area contributed by atoms with Crippen LogP contribution in [-0.4, -0.2) is 22.0 Å². The maximum atomic E-state index is 10.5. The zero-order valence-corrected chi connectivity index (χ0v) is 7.06. The van der Waals surface area contributed by atoms with Crippen molar-refractivity contribution in [2.45, 2.75) is 6.92 Å². The molecule has 0 spiro atoms. The van der Waals surface area contributed by atoms with Crippen LogP contribution in [0.15, 0.2) is 29.4 Å². The van der Waals surface area contributed by atoms with E-state index in [9.17, 15) is 4.79 Å². The predicted octanol–water partition coefficient (Wildman–Crippen LogP) is 1.58. The molecule has 0 bridgehead atoms. The maximum absolute atomic E-state index is 10.5. The SMILES string of the molecule is C/C(=N\O)c1ccc(C(=O)O)cc1. The summed E-state index contributed by atoms with van der Waals surface area (Å²) in [5, 5.41) is 20.0. The monoisotopic (exact) mass is 179 g/mol. The van der Waals surface area contributed by atoms with E-state index in [-0.39, 0.29) is 5.56 Å². The summed E-state index contributed by atoms with van der Waals surface area (Å²) in [6.07, 6.45) is 0. The molecule has 0 amide bonds. The van der Waals surface area contributed by atoms with Crippen LogP contribution >= 0.6 is 0 Å². The first-order chi connectivity index (χ1) is 6.15. The molecule has 1 aromatic rings. The van der Waals surface area contributed by atoms with Crippen molar-refractivity contribution in [3.8, 4) is 0 Å². The number of carboxylic acids is 1. The Kier molecular flexibility index (Phi) is 2.64. The predicted molar refractivity (Wildman–Crippen MR) is 47.4 cm³/mol. The topological polar surface area (TPSA) is 69.9 Å². The van der Waals surface area contributed by atoms with Crippen molar-refractivity contribution in [1.82, 2.24) is 0 Å². The Morgan fingerprint density at radius 1 is 1.23 bits per heavy atom. The number of aromatic carboxylic acids is 1. The highest BCUT2D eigenvalue weighted by molar-refractivity contribution is 5.99. The highest BCUT2D eigenvalue weighted by Crippen LogP contribution is 2.05. The van der Waals surface area contributed by atoms with E-state index >= 15 is 0 Å². The van der Waals surface area contributed by atoms with Gasteiger partial charge in [-0.1, -0.05) is 17.3 Å². The van der Waals surface area contributed by atoms with Gasteiger partial charge in [0.2, 0.25) is 0 Å². The second kappa shape index (κ2) is 3.71. The van der Waals surface area contributed by atoms with Gasteiger partial charge in [-0.05, 0) is 24.6 Å². The molecule has 0 aliphatic rings. The summed E-state index contributed by atoms with van der Waals surface area (Å²) in [6, 6.07) is 6.12. The van der Waals surface area contributed by atoms with Crippen LogP contribution in [-0.2, 0) is 0 Å². The molecule has 68 valence electrons. The van der Waals surface area contributed by atoms with E-state index in [0.717, 1.165) is 0 Å². The summed E-state index contributed by atoms with van der Waals surface area (Å²) in [7, 11) is 0. The van der Waals surface area contributed by atoms with E-state index in [0.29, 0.717) is 11.3 Å². The highest BCUT2D eigenvalue weighted by atomic mass is 16.4. The molecule has 0 aromatic heterocycles. The van der Waals surface area contributed by atoms with Crippen LogP contribution in [0.4, 0.5) is 0 Å². The van der Waals surface area contributed by atoms with Crippen LogP contribution in [0.1, 0.15) is 22.8 Å². The highest BCUT2D eigenvalue weighted by Gasteiger charge is 2.02. The van der Waals surface area contributed by atoms with Gasteiger partial charge < -0.3 is 10.3 Å². The number of carboxylic acid groups (broad SMARTS) is 1. The molecule has 0 fully saturated rings. The van der Waals surface area contributed by atoms with Crippen LogP contribution in [0.25, 0.3) is 0 Å². The third-order valence-corrected chi connectivity index (χ3v) is 1.70. The van der Waals surface area contributed by atoms with Gasteiger partial charge in [0.15, 0.2) is 0 Å². The van der Waals surface area contributed by atoms with Gasteiger partial charge in [-0.2, -0.15) is 0 Å². The number of benzene rings is 1. The van der Waals surface area contributed by atoms with Gasteiger partial charge in [0.1, 0.15) is 0 Å². The molecule has 13 heavy (non-hydrogen) atoms. The van der Waals surface area contributed by atoms with Crippen LogP contribution in [0.3, 0.4) is 0 Å². The van der Waals surface area contributed by atoms with E-state index in [4.69, 9.17) is 10.3 Å². The smallest absolute Gasteiger partial charge is 0.335 e. The van der Waals surface area contributed by atoms with Gasteiger partial charge in [0, 0.05) is 0 Å². The Labute approximate surface area is 75.1 Å². The van der Waals surface area contributed by atoms with Crippen molar-refractivity contribution < 1.29 is 15.1 Å². The van der Waals surface area contributed by atoms with Crippen LogP contribution < -0.4 is 0 Å². The van der Waals surface area contributed by atoms with Gasteiger partial charge in [-0.3, -0.25) is 0 Å². The standard InChI is InChI=1S/C9H9NO3/c1-6(10-13)7-2-4-8(5-3-7)9(11)12/h2-5,13H,1H3,(H,11,12)/b10-6+. The lowest BCUT2D eigenvalue weighted by atomic mass is 10.1. The Morgan fingerprint density at radius 3 is 2.08 bits per heavy atom. The third kappa shape index (κ3) is 2.05. The largest absolute Gasteiger partial charge is 0.478 e. The van der Waals surface area contributed by atoms with E-state index in [1.807, 2.05) is 0 Å². The molecule has 2 N–H and O–H groups in total. The quantitative estimate of drug-likeness (QED) is 0.411. The van der Waals surface area contributed by atoms with Crippen molar-refractivity contribution in [3.63, 3.8) is 0 Å². The van der Waals surface area contributed by atoms with Gasteiger partial charge in [-0.25, -0.2) is 4.79 Å². The van der Waals surface area contributed by atoms with E-state index in [1.54, 1.807) is 19.1 Å². The lowest BCUT2D eigenvalue weighted by molar-refractivity contribution is 0.0697. The van der Waals surface area contributed by atoms with Gasteiger partial charge >= 0.3 is 5.97 Å². The molecular weight excluding hydrogens is 170 g/mol. The lowest BCUT2D eigenvalue weighted by Crippen LogP contribution is -1.98. The summed E-state index contributed by atoms with van der Waals surface area (Å²) >= 11 is 0. The van der Waals surface area contributed by atoms with Crippen molar-refractivity contribution in [3.05, 3.63) is 35.4 Å². The summed E-state index contributed by atoms with van der Waals surface area (Å²) in [5.74, 6) is -0.967. The number of rotatable bonds is 2. The zero-order valence-electron chi connectivity index (χ0n) is 7.06. The van der Waals surface area contributed by atoms with Crippen molar-refractivity contribution in [1.29, 1.82) is 0 Å². The first-order valence-corrected chi connectivity index (χ1v) is 3.67. The fourth-order valence-electron chi connectivity index (χ4n) is 0.912. The lowest BCUT2D eigenvalue weighted by Gasteiger charge is -1.98. The van der Waals surface area contributed by atoms with Gasteiger partial charge in [0.05, 0.1) is 11.3 Å². The Bertz CT molecular complexity index is 340. The number of oxime groups is 1. The Hall–Kier alpha value is -1.84. The minimum Gasteiger partial charge on any atom is -0.478 e. The minimum absolute atomic E-state index is 0.217. The van der Waals surface area contributed by atoms with Crippen molar-refractivity contribution in [2.75, 3.05) is 0 Å². The molecule has 0 saturated heterocycles. The molecular formula is C9H9NO3. The summed E-state index contributed by atoms with van der Waals surface area (Å²) in [4.78, 5) is 10.5. The number of hydrogen-bond donors (Lipinski definition) is 2. The van der Waals surface area contributed by atoms with Crippen LogP contribution in [0.5, 0.6) is 0 Å². The molecule has 0 radical (unpaired) electrons. The molecule has 1 rings (SSSR count). The average Bonchev–Trinajstić information content (AvgIpc) is 2.17. The molecule has 0 aliphatic heterocycles. The summed E-state index contributed by atoms with van der Waals surface area (Å²) < 4.78 is 0. The first kappa shape index (κ1) is 9.25. The Balaban J connectivity index is 3.00. The molecule has 0 unspecified atom stereocenters. The number of nitrogens with zero attached hydrogens (tertiary/aromatic N) is 1. The van der Waals surface area contributed by atoms with Crippen LogP contribution in [0.2, 0.25) is 0 Å². The zero-order chi connectivity index (χ0) is 9.84. The minimum atomic E-state index is -0.967. The third-order valence-electron chi connectivity index (χ3n) is 1.70. The normalized spacial score (nSPS) is 11.3. The first-order valence-electron chi connectivity index (χ1n) is 3.67. The molecule has 1 aromatic carbocycles. The average molecular weight is 179 g/mol. The van der Waals surface area contributed by atoms with E-state index in [2.05, 4.69) is 5.16 Å². The number of hydrogen-bond acceptors (Lipinski definition) is 3. The molecule has 0 aliphatic carbocycles. The van der Waals surface area contributed by atoms with Crippen molar-refractivity contribution in [2.24, 2.45) is 5.16 Å². The van der Waals surface area contributed by atoms with E-state index < -0.39 is 5.97 Å². The van der Waals surface area contributed by atoms with Gasteiger partial charge in [-0.15, -0.1) is 0 Å². The summed E-state index contributed by atoms with van der Waals surface area (Å²) in [6.45, 7) is 1.63. The van der Waals surface area contributed by atoms with Gasteiger partial charge in [0.25, 0.3) is 0 Å². The second-order valence-corrected chi connectivity index (χ2v) is 2.57. The number of carbonyl (C=O) groups is 1. The molecule has 0 saturated carbocycles. The summed E-state index contributed by atoms with van der Waals surface area (Å²) in [5.41, 5.74) is 1.37. The van der Waals surface area contributed by atoms with Crippen LogP contribution in [0, 0.1) is 0 Å². The molecule has 0 heterocycles. The molecule has 4 nitrogen and oxygen atoms in total. The van der Waals surface area contributed by atoms with E-state index in [1.165, 1.54) is 12.1 Å². The molecule has 4 heteroatoms. The van der Waals surface area contributed by atoms with Crippen molar-refractivity contribution >= 4 is 11.7 Å². The second-order valence-electron chi connectivity index (χ2n) is 2.57. The fraction of sp³-hybridized carbons (Fsp3) is 0.111. The Morgan fingerprint density at radius 2 is 1.69 bits per heavy atom. The molecule has 0 atom stereocenters. The fourth-order valence-corrected chi connectivity index (χ4v) is 0.912. The maximum Gasteiger partial charge on any atom is 0.335 e.